The van der Waals surface area contributed by atoms with Crippen LogP contribution in [0.25, 0.3) is 0 Å². The van der Waals surface area contributed by atoms with E-state index in [0.29, 0.717) is 24.4 Å². The van der Waals surface area contributed by atoms with Crippen molar-refractivity contribution in [3.05, 3.63) is 60.2 Å². The Morgan fingerprint density at radius 2 is 1.77 bits per heavy atom. The monoisotopic (exact) mass is 353 g/mol. The van der Waals surface area contributed by atoms with Gasteiger partial charge in [-0.05, 0) is 36.4 Å². The summed E-state index contributed by atoms with van der Waals surface area (Å²) < 4.78 is 5.11. The highest BCUT2D eigenvalue weighted by atomic mass is 16.5. The number of carbonyl (C=O) groups is 3. The van der Waals surface area contributed by atoms with Crippen molar-refractivity contribution in [2.24, 2.45) is 0 Å². The molecule has 1 aliphatic rings. The summed E-state index contributed by atoms with van der Waals surface area (Å²) in [5.41, 5.74) is 1.85. The Bertz CT molecular complexity index is 790. The second kappa shape index (κ2) is 8.26. The van der Waals surface area contributed by atoms with Crippen molar-refractivity contribution in [2.75, 3.05) is 36.5 Å². The van der Waals surface area contributed by atoms with E-state index >= 15 is 0 Å². The van der Waals surface area contributed by atoms with Crippen molar-refractivity contribution in [2.45, 2.75) is 0 Å². The van der Waals surface area contributed by atoms with Gasteiger partial charge in [0, 0.05) is 23.5 Å². The molecule has 0 unspecified atom stereocenters. The highest BCUT2D eigenvalue weighted by Gasteiger charge is 2.20. The van der Waals surface area contributed by atoms with Crippen molar-refractivity contribution < 1.29 is 19.1 Å². The summed E-state index contributed by atoms with van der Waals surface area (Å²) in [5.74, 6) is -0.719. The Balaban J connectivity index is 1.51. The first-order valence-corrected chi connectivity index (χ1v) is 8.25. The molecule has 2 N–H and O–H groups in total. The van der Waals surface area contributed by atoms with Gasteiger partial charge in [-0.15, -0.1) is 0 Å². The Hall–Kier alpha value is -3.19. The summed E-state index contributed by atoms with van der Waals surface area (Å²) in [6.07, 6.45) is 0. The fourth-order valence-corrected chi connectivity index (χ4v) is 2.57. The number of anilines is 2. The molecule has 3 rings (SSSR count). The lowest BCUT2D eigenvalue weighted by atomic mass is 10.2. The third-order valence-electron chi connectivity index (χ3n) is 3.89. The average Bonchev–Trinajstić information content (AvgIpc) is 2.68. The number of rotatable bonds is 5. The molecule has 2 aromatic carbocycles. The molecular weight excluding hydrogens is 334 g/mol. The molecule has 0 bridgehead atoms. The van der Waals surface area contributed by atoms with Gasteiger partial charge in [-0.2, -0.15) is 0 Å². The molecule has 7 nitrogen and oxygen atoms in total. The SMILES string of the molecule is O=C(CNC(=O)c1ccccc1)Nc1ccc(N2CCOCC2=O)cc1. The van der Waals surface area contributed by atoms with E-state index in [2.05, 4.69) is 10.6 Å². The first-order chi connectivity index (χ1) is 12.6. The molecule has 1 heterocycles. The molecule has 2 aromatic rings. The zero-order chi connectivity index (χ0) is 18.4. The van der Waals surface area contributed by atoms with Crippen molar-refractivity contribution in [1.29, 1.82) is 0 Å². The molecule has 0 saturated carbocycles. The lowest BCUT2D eigenvalue weighted by Crippen LogP contribution is -2.41. The molecule has 0 radical (unpaired) electrons. The maximum atomic E-state index is 12.0. The van der Waals surface area contributed by atoms with Gasteiger partial charge in [-0.1, -0.05) is 18.2 Å². The zero-order valence-corrected chi connectivity index (χ0v) is 14.1. The normalized spacial score (nSPS) is 14.0. The maximum absolute atomic E-state index is 12.0. The van der Waals surface area contributed by atoms with Crippen LogP contribution in [-0.4, -0.2) is 44.0 Å². The predicted octanol–water partition coefficient (Wildman–Crippen LogP) is 1.42. The van der Waals surface area contributed by atoms with E-state index in [-0.39, 0.29) is 30.9 Å². The first kappa shape index (κ1) is 17.6. The Labute approximate surface area is 150 Å². The Morgan fingerprint density at radius 1 is 1.04 bits per heavy atom. The van der Waals surface area contributed by atoms with Gasteiger partial charge in [0.1, 0.15) is 6.61 Å². The van der Waals surface area contributed by atoms with E-state index in [1.54, 1.807) is 53.4 Å². The van der Waals surface area contributed by atoms with Crippen LogP contribution in [0, 0.1) is 0 Å². The Kier molecular flexibility index (Phi) is 5.60. The summed E-state index contributed by atoms with van der Waals surface area (Å²) in [5, 5.41) is 5.28. The fourth-order valence-electron chi connectivity index (χ4n) is 2.57. The van der Waals surface area contributed by atoms with Crippen molar-refractivity contribution in [3.63, 3.8) is 0 Å². The minimum absolute atomic E-state index is 0.0829. The molecule has 1 aliphatic heterocycles. The van der Waals surface area contributed by atoms with Crippen LogP contribution in [0.4, 0.5) is 11.4 Å². The molecule has 1 saturated heterocycles. The summed E-state index contributed by atoms with van der Waals surface area (Å²) in [6, 6.07) is 15.7. The van der Waals surface area contributed by atoms with Gasteiger partial charge in [0.2, 0.25) is 5.91 Å². The number of nitrogens with one attached hydrogen (secondary N) is 2. The van der Waals surface area contributed by atoms with Gasteiger partial charge in [-0.25, -0.2) is 0 Å². The van der Waals surface area contributed by atoms with E-state index in [0.717, 1.165) is 5.69 Å². The number of nitrogens with zero attached hydrogens (tertiary/aromatic N) is 1. The largest absolute Gasteiger partial charge is 0.370 e. The third kappa shape index (κ3) is 4.46. The van der Waals surface area contributed by atoms with Gasteiger partial charge in [-0.3, -0.25) is 14.4 Å². The highest BCUT2D eigenvalue weighted by Crippen LogP contribution is 2.19. The molecule has 0 aromatic heterocycles. The summed E-state index contributed by atoms with van der Waals surface area (Å²) >= 11 is 0. The van der Waals surface area contributed by atoms with Crippen LogP contribution >= 0.6 is 0 Å². The molecule has 0 spiro atoms. The molecule has 1 fully saturated rings. The molecule has 0 aliphatic carbocycles. The number of carbonyl (C=O) groups excluding carboxylic acids is 3. The van der Waals surface area contributed by atoms with Gasteiger partial charge >= 0.3 is 0 Å². The summed E-state index contributed by atoms with van der Waals surface area (Å²) in [4.78, 5) is 37.4. The van der Waals surface area contributed by atoms with E-state index in [1.165, 1.54) is 0 Å². The lowest BCUT2D eigenvalue weighted by molar-refractivity contribution is -0.125. The van der Waals surface area contributed by atoms with Crippen LogP contribution in [0.3, 0.4) is 0 Å². The van der Waals surface area contributed by atoms with Crippen LogP contribution in [0.2, 0.25) is 0 Å². The van der Waals surface area contributed by atoms with Crippen LogP contribution in [-0.2, 0) is 14.3 Å². The van der Waals surface area contributed by atoms with Crippen LogP contribution in [0.1, 0.15) is 10.4 Å². The van der Waals surface area contributed by atoms with E-state index < -0.39 is 0 Å². The number of benzene rings is 2. The second-order valence-electron chi connectivity index (χ2n) is 5.74. The zero-order valence-electron chi connectivity index (χ0n) is 14.1. The first-order valence-electron chi connectivity index (χ1n) is 8.25. The number of morpholine rings is 1. The predicted molar refractivity (Wildman–Crippen MR) is 97.0 cm³/mol. The van der Waals surface area contributed by atoms with Gasteiger partial charge in [0.25, 0.3) is 11.8 Å². The maximum Gasteiger partial charge on any atom is 0.253 e. The highest BCUT2D eigenvalue weighted by molar-refractivity contribution is 5.99. The van der Waals surface area contributed by atoms with Crippen LogP contribution in [0.5, 0.6) is 0 Å². The van der Waals surface area contributed by atoms with Gasteiger partial charge in [0.15, 0.2) is 0 Å². The number of ether oxygens (including phenoxy) is 1. The van der Waals surface area contributed by atoms with Gasteiger partial charge < -0.3 is 20.3 Å². The second-order valence-corrected chi connectivity index (χ2v) is 5.74. The minimum Gasteiger partial charge on any atom is -0.370 e. The molecule has 26 heavy (non-hydrogen) atoms. The summed E-state index contributed by atoms with van der Waals surface area (Å²) in [7, 11) is 0. The lowest BCUT2D eigenvalue weighted by Gasteiger charge is -2.26. The van der Waals surface area contributed by atoms with Crippen LogP contribution in [0.15, 0.2) is 54.6 Å². The number of hydrogen-bond donors (Lipinski definition) is 2. The fraction of sp³-hybridized carbons (Fsp3) is 0.211. The van der Waals surface area contributed by atoms with Gasteiger partial charge in [0.05, 0.1) is 13.2 Å². The molecule has 7 heteroatoms. The standard InChI is InChI=1S/C19H19N3O4/c23-17(12-20-19(25)14-4-2-1-3-5-14)21-15-6-8-16(9-7-15)22-10-11-26-13-18(22)24/h1-9H,10-13H2,(H,20,25)(H,21,23). The molecule has 0 atom stereocenters. The number of hydrogen-bond acceptors (Lipinski definition) is 4. The minimum atomic E-state index is -0.329. The van der Waals surface area contributed by atoms with Crippen molar-refractivity contribution >= 4 is 29.1 Å². The van der Waals surface area contributed by atoms with Crippen LogP contribution < -0.4 is 15.5 Å². The number of amides is 3. The van der Waals surface area contributed by atoms with E-state index in [9.17, 15) is 14.4 Å². The molecular formula is C19H19N3O4. The van der Waals surface area contributed by atoms with E-state index in [4.69, 9.17) is 4.74 Å². The Morgan fingerprint density at radius 3 is 2.46 bits per heavy atom. The smallest absolute Gasteiger partial charge is 0.253 e. The topological polar surface area (TPSA) is 87.7 Å². The third-order valence-corrected chi connectivity index (χ3v) is 3.89. The summed E-state index contributed by atoms with van der Waals surface area (Å²) in [6.45, 7) is 0.971. The van der Waals surface area contributed by atoms with Crippen molar-refractivity contribution in [1.82, 2.24) is 5.32 Å². The molecule has 134 valence electrons. The average molecular weight is 353 g/mol. The van der Waals surface area contributed by atoms with Crippen molar-refractivity contribution in [3.8, 4) is 0 Å². The van der Waals surface area contributed by atoms with E-state index in [1.807, 2.05) is 6.07 Å². The molecule has 3 amide bonds. The quantitative estimate of drug-likeness (QED) is 0.851.